The number of nitrogens with one attached hydrogen (secondary N) is 1. The molecule has 0 saturated heterocycles. The summed E-state index contributed by atoms with van der Waals surface area (Å²) < 4.78 is 5.35. The van der Waals surface area contributed by atoms with Crippen molar-refractivity contribution in [3.05, 3.63) is 28.3 Å². The lowest BCUT2D eigenvalue weighted by Crippen LogP contribution is -2.15. The zero-order chi connectivity index (χ0) is 15.7. The summed E-state index contributed by atoms with van der Waals surface area (Å²) in [6.07, 6.45) is 6.07. The van der Waals surface area contributed by atoms with Crippen molar-refractivity contribution >= 4 is 11.4 Å². The normalized spacial score (nSPS) is 12.0. The minimum absolute atomic E-state index is 0.0120. The molecule has 1 aromatic carbocycles. The molecule has 21 heavy (non-hydrogen) atoms. The van der Waals surface area contributed by atoms with Gasteiger partial charge < -0.3 is 10.1 Å². The van der Waals surface area contributed by atoms with Crippen LogP contribution < -0.4 is 10.1 Å². The molecule has 0 heterocycles. The van der Waals surface area contributed by atoms with Crippen LogP contribution in [0.1, 0.15) is 52.9 Å². The molecular weight excluding hydrogens is 268 g/mol. The number of nitro benzene ring substituents is 1. The molecular formula is C16H26N2O3. The fourth-order valence-corrected chi connectivity index (χ4v) is 2.26. The standard InChI is InChI=1S/C16H26N2O3/c1-4-6-7-8-9-13(3)17-14-10-11-15(18(19)20)16(12-14)21-5-2/h10-13,17H,4-9H2,1-3H3. The molecule has 1 atom stereocenters. The van der Waals surface area contributed by atoms with Crippen LogP contribution in [0.2, 0.25) is 0 Å². The zero-order valence-corrected chi connectivity index (χ0v) is 13.2. The highest BCUT2D eigenvalue weighted by molar-refractivity contribution is 5.58. The second-order valence-electron chi connectivity index (χ2n) is 5.27. The fraction of sp³-hybridized carbons (Fsp3) is 0.625. The molecule has 5 heteroatoms. The number of rotatable bonds is 10. The number of hydrogen-bond donors (Lipinski definition) is 1. The second-order valence-corrected chi connectivity index (χ2v) is 5.27. The minimum Gasteiger partial charge on any atom is -0.487 e. The van der Waals surface area contributed by atoms with E-state index in [1.807, 2.05) is 6.92 Å². The van der Waals surface area contributed by atoms with E-state index in [1.54, 1.807) is 12.1 Å². The van der Waals surface area contributed by atoms with Crippen LogP contribution in [0, 0.1) is 10.1 Å². The quantitative estimate of drug-likeness (QED) is 0.384. The molecule has 0 amide bonds. The molecule has 1 N–H and O–H groups in total. The summed E-state index contributed by atoms with van der Waals surface area (Å²) in [4.78, 5) is 10.5. The summed E-state index contributed by atoms with van der Waals surface area (Å²) in [5.41, 5.74) is 0.880. The maximum atomic E-state index is 10.9. The SMILES string of the molecule is CCCCCCC(C)Nc1ccc([N+](=O)[O-])c(OCC)c1. The number of hydrogen-bond acceptors (Lipinski definition) is 4. The largest absolute Gasteiger partial charge is 0.487 e. The fourth-order valence-electron chi connectivity index (χ4n) is 2.26. The molecule has 0 fully saturated rings. The van der Waals surface area contributed by atoms with Crippen LogP contribution in [0.4, 0.5) is 11.4 Å². The van der Waals surface area contributed by atoms with Gasteiger partial charge >= 0.3 is 5.69 Å². The van der Waals surface area contributed by atoms with Crippen LogP contribution in [0.5, 0.6) is 5.75 Å². The van der Waals surface area contributed by atoms with Crippen molar-refractivity contribution in [2.75, 3.05) is 11.9 Å². The predicted molar refractivity (Wildman–Crippen MR) is 86.1 cm³/mol. The Balaban J connectivity index is 2.62. The van der Waals surface area contributed by atoms with Gasteiger partial charge in [0, 0.05) is 23.9 Å². The van der Waals surface area contributed by atoms with Crippen molar-refractivity contribution in [3.8, 4) is 5.75 Å². The van der Waals surface area contributed by atoms with Crippen LogP contribution in [0.25, 0.3) is 0 Å². The maximum Gasteiger partial charge on any atom is 0.311 e. The summed E-state index contributed by atoms with van der Waals surface area (Å²) in [6.45, 7) is 6.57. The van der Waals surface area contributed by atoms with Gasteiger partial charge in [0.15, 0.2) is 5.75 Å². The van der Waals surface area contributed by atoms with E-state index in [0.29, 0.717) is 18.4 Å². The Morgan fingerprint density at radius 1 is 1.29 bits per heavy atom. The van der Waals surface area contributed by atoms with Gasteiger partial charge in [-0.25, -0.2) is 0 Å². The van der Waals surface area contributed by atoms with E-state index in [-0.39, 0.29) is 5.69 Å². The highest BCUT2D eigenvalue weighted by atomic mass is 16.6. The first kappa shape index (κ1) is 17.3. The molecule has 0 spiro atoms. The van der Waals surface area contributed by atoms with Gasteiger partial charge in [-0.05, 0) is 26.3 Å². The maximum absolute atomic E-state index is 10.9. The lowest BCUT2D eigenvalue weighted by atomic mass is 10.1. The summed E-state index contributed by atoms with van der Waals surface area (Å²) in [6, 6.07) is 5.29. The molecule has 0 aliphatic carbocycles. The van der Waals surface area contributed by atoms with E-state index < -0.39 is 4.92 Å². The van der Waals surface area contributed by atoms with E-state index in [4.69, 9.17) is 4.74 Å². The van der Waals surface area contributed by atoms with Gasteiger partial charge in [0.2, 0.25) is 0 Å². The van der Waals surface area contributed by atoms with Crippen LogP contribution in [-0.4, -0.2) is 17.6 Å². The van der Waals surface area contributed by atoms with Crippen molar-refractivity contribution in [2.45, 2.75) is 58.9 Å². The van der Waals surface area contributed by atoms with Gasteiger partial charge in [0.05, 0.1) is 11.5 Å². The third-order valence-corrected chi connectivity index (χ3v) is 3.36. The van der Waals surface area contributed by atoms with E-state index >= 15 is 0 Å². The molecule has 0 aliphatic heterocycles. The molecule has 1 unspecified atom stereocenters. The highest BCUT2D eigenvalue weighted by Gasteiger charge is 2.15. The Kier molecular flexibility index (Phi) is 7.58. The number of unbranched alkanes of at least 4 members (excludes halogenated alkanes) is 3. The van der Waals surface area contributed by atoms with Gasteiger partial charge in [-0.2, -0.15) is 0 Å². The van der Waals surface area contributed by atoms with Crippen molar-refractivity contribution in [1.29, 1.82) is 0 Å². The molecule has 0 aromatic heterocycles. The van der Waals surface area contributed by atoms with E-state index in [1.165, 1.54) is 31.7 Å². The first-order chi connectivity index (χ1) is 10.1. The van der Waals surface area contributed by atoms with E-state index in [2.05, 4.69) is 19.2 Å². The van der Waals surface area contributed by atoms with Crippen LogP contribution in [-0.2, 0) is 0 Å². The van der Waals surface area contributed by atoms with Crippen molar-refractivity contribution in [2.24, 2.45) is 0 Å². The van der Waals surface area contributed by atoms with Gasteiger partial charge in [-0.15, -0.1) is 0 Å². The summed E-state index contributed by atoms with van der Waals surface area (Å²) in [7, 11) is 0. The third-order valence-electron chi connectivity index (χ3n) is 3.36. The number of nitrogens with zero attached hydrogens (tertiary/aromatic N) is 1. The number of anilines is 1. The number of nitro groups is 1. The Morgan fingerprint density at radius 3 is 2.67 bits per heavy atom. The Labute approximate surface area is 126 Å². The first-order valence-electron chi connectivity index (χ1n) is 7.76. The Bertz CT molecular complexity index is 449. The minimum atomic E-state index is -0.414. The molecule has 118 valence electrons. The first-order valence-corrected chi connectivity index (χ1v) is 7.76. The van der Waals surface area contributed by atoms with Gasteiger partial charge in [-0.1, -0.05) is 32.6 Å². The zero-order valence-electron chi connectivity index (χ0n) is 13.2. The molecule has 1 aromatic rings. The summed E-state index contributed by atoms with van der Waals surface area (Å²) >= 11 is 0. The molecule has 0 radical (unpaired) electrons. The Hall–Kier alpha value is -1.78. The second kappa shape index (κ2) is 9.21. The monoisotopic (exact) mass is 294 g/mol. The van der Waals surface area contributed by atoms with Gasteiger partial charge in [-0.3, -0.25) is 10.1 Å². The summed E-state index contributed by atoms with van der Waals surface area (Å²) in [5, 5.41) is 14.3. The number of benzene rings is 1. The molecule has 5 nitrogen and oxygen atoms in total. The predicted octanol–water partition coefficient (Wildman–Crippen LogP) is 4.76. The van der Waals surface area contributed by atoms with Crippen LogP contribution >= 0.6 is 0 Å². The topological polar surface area (TPSA) is 64.4 Å². The lowest BCUT2D eigenvalue weighted by molar-refractivity contribution is -0.385. The summed E-state index contributed by atoms with van der Waals surface area (Å²) in [5.74, 6) is 0.325. The number of ether oxygens (including phenoxy) is 1. The lowest BCUT2D eigenvalue weighted by Gasteiger charge is -2.16. The molecule has 0 saturated carbocycles. The van der Waals surface area contributed by atoms with Crippen molar-refractivity contribution < 1.29 is 9.66 Å². The van der Waals surface area contributed by atoms with Crippen molar-refractivity contribution in [1.82, 2.24) is 0 Å². The van der Waals surface area contributed by atoms with Crippen LogP contribution in [0.15, 0.2) is 18.2 Å². The third kappa shape index (κ3) is 6.02. The molecule has 0 aliphatic rings. The molecule has 1 rings (SSSR count). The van der Waals surface area contributed by atoms with Crippen LogP contribution in [0.3, 0.4) is 0 Å². The van der Waals surface area contributed by atoms with Gasteiger partial charge in [0.1, 0.15) is 0 Å². The van der Waals surface area contributed by atoms with E-state index in [9.17, 15) is 10.1 Å². The van der Waals surface area contributed by atoms with Gasteiger partial charge in [0.25, 0.3) is 0 Å². The average molecular weight is 294 g/mol. The van der Waals surface area contributed by atoms with E-state index in [0.717, 1.165) is 12.1 Å². The Morgan fingerprint density at radius 2 is 2.05 bits per heavy atom. The van der Waals surface area contributed by atoms with Crippen molar-refractivity contribution in [3.63, 3.8) is 0 Å². The smallest absolute Gasteiger partial charge is 0.311 e. The molecule has 0 bridgehead atoms. The highest BCUT2D eigenvalue weighted by Crippen LogP contribution is 2.30. The average Bonchev–Trinajstić information content (AvgIpc) is 2.44.